The van der Waals surface area contributed by atoms with Crippen LogP contribution in [0.5, 0.6) is 0 Å². The fourth-order valence-electron chi connectivity index (χ4n) is 3.08. The maximum absolute atomic E-state index is 12.8. The molecule has 4 rings (SSSR count). The van der Waals surface area contributed by atoms with Gasteiger partial charge in [0.1, 0.15) is 29.1 Å². The van der Waals surface area contributed by atoms with Gasteiger partial charge in [-0.3, -0.25) is 14.5 Å². The molecule has 0 spiro atoms. The summed E-state index contributed by atoms with van der Waals surface area (Å²) in [6.45, 7) is 0. The highest BCUT2D eigenvalue weighted by Gasteiger charge is 2.54. The SMILES string of the molecule is Nc1nc(/C(=N/O)C(=O)N[C@@H]2C(=O)N3C(C(=O)O)=C(SCc4ccncn4)CS[C@@H]23)cs1. The van der Waals surface area contributed by atoms with Gasteiger partial charge in [0.25, 0.3) is 11.8 Å². The number of hydrogen-bond donors (Lipinski definition) is 4. The molecule has 0 bridgehead atoms. The monoisotopic (exact) mass is 493 g/mol. The molecule has 2 aromatic rings. The van der Waals surface area contributed by atoms with Crippen molar-refractivity contribution < 1.29 is 24.7 Å². The summed E-state index contributed by atoms with van der Waals surface area (Å²) in [5.74, 6) is -1.84. The molecule has 0 aromatic carbocycles. The van der Waals surface area contributed by atoms with Gasteiger partial charge in [-0.05, 0) is 6.07 Å². The number of nitrogens with one attached hydrogen (secondary N) is 1. The van der Waals surface area contributed by atoms with E-state index in [-0.39, 0.29) is 22.2 Å². The van der Waals surface area contributed by atoms with Gasteiger partial charge in [-0.25, -0.2) is 19.7 Å². The van der Waals surface area contributed by atoms with Crippen LogP contribution in [0.15, 0.2) is 39.7 Å². The van der Waals surface area contributed by atoms with Crippen molar-refractivity contribution in [2.24, 2.45) is 5.16 Å². The molecule has 2 atom stereocenters. The number of hydrogen-bond acceptors (Lipinski definition) is 12. The van der Waals surface area contributed by atoms with Crippen molar-refractivity contribution >= 4 is 63.5 Å². The molecule has 15 heteroatoms. The number of β-lactam (4-membered cyclic amide) rings is 1. The molecule has 2 aliphatic heterocycles. The van der Waals surface area contributed by atoms with E-state index in [1.54, 1.807) is 12.3 Å². The zero-order valence-electron chi connectivity index (χ0n) is 16.0. The molecule has 12 nitrogen and oxygen atoms in total. The first kappa shape index (κ1) is 22.0. The van der Waals surface area contributed by atoms with Crippen LogP contribution in [0, 0.1) is 0 Å². The number of rotatable bonds is 7. The summed E-state index contributed by atoms with van der Waals surface area (Å²) in [5.41, 5.74) is 5.85. The van der Waals surface area contributed by atoms with Crippen molar-refractivity contribution in [3.05, 3.63) is 46.0 Å². The van der Waals surface area contributed by atoms with E-state index in [4.69, 9.17) is 5.73 Å². The maximum atomic E-state index is 12.8. The highest BCUT2D eigenvalue weighted by molar-refractivity contribution is 8.05. The number of fused-ring (bicyclic) bond motifs is 1. The third-order valence-electron chi connectivity index (χ3n) is 4.54. The number of nitrogens with zero attached hydrogens (tertiary/aromatic N) is 5. The average Bonchev–Trinajstić information content (AvgIpc) is 3.22. The molecule has 2 amide bonds. The predicted octanol–water partition coefficient (Wildman–Crippen LogP) is 0.323. The number of oxime groups is 1. The minimum absolute atomic E-state index is 0.0713. The van der Waals surface area contributed by atoms with Gasteiger partial charge in [0.15, 0.2) is 10.8 Å². The standard InChI is InChI=1S/C17H15N7O5S3/c18-17-21-8(4-32-17)10(23-29)13(25)22-11-14(26)24-12(16(27)28)9(5-31-15(11)24)30-3-7-1-2-19-6-20-7/h1-2,4,6,11,15,29H,3,5H2,(H2,18,21)(H,22,25)(H,27,28)/b23-10-/t11-,15+/m1/s1. The van der Waals surface area contributed by atoms with E-state index in [0.717, 1.165) is 17.0 Å². The number of carboxylic acids is 1. The van der Waals surface area contributed by atoms with Crippen molar-refractivity contribution in [2.45, 2.75) is 17.2 Å². The minimum atomic E-state index is -1.23. The van der Waals surface area contributed by atoms with Gasteiger partial charge in [0.05, 0.1) is 5.69 Å². The first-order chi connectivity index (χ1) is 15.4. The number of carbonyl (C=O) groups is 3. The topological polar surface area (TPSA) is 184 Å². The number of aromatic nitrogens is 3. The van der Waals surface area contributed by atoms with Gasteiger partial charge in [0, 0.05) is 28.0 Å². The zero-order valence-corrected chi connectivity index (χ0v) is 18.5. The summed E-state index contributed by atoms with van der Waals surface area (Å²) in [5, 5.41) is 25.4. The summed E-state index contributed by atoms with van der Waals surface area (Å²) in [6, 6.07) is 0.756. The number of amides is 2. The summed E-state index contributed by atoms with van der Waals surface area (Å²) < 4.78 is 0. The molecular weight excluding hydrogens is 478 g/mol. The van der Waals surface area contributed by atoms with E-state index in [1.807, 2.05) is 0 Å². The molecule has 2 aromatic heterocycles. The van der Waals surface area contributed by atoms with E-state index in [9.17, 15) is 24.7 Å². The molecule has 4 heterocycles. The Morgan fingerprint density at radius 3 is 2.88 bits per heavy atom. The van der Waals surface area contributed by atoms with Crippen molar-refractivity contribution in [3.8, 4) is 0 Å². The Labute approximate surface area is 193 Å². The third kappa shape index (κ3) is 4.13. The Morgan fingerprint density at radius 1 is 1.44 bits per heavy atom. The van der Waals surface area contributed by atoms with Crippen molar-refractivity contribution in [2.75, 3.05) is 11.5 Å². The normalized spacial score (nSPS) is 20.6. The van der Waals surface area contributed by atoms with Crippen LogP contribution in [-0.2, 0) is 20.1 Å². The molecule has 1 saturated heterocycles. The lowest BCUT2D eigenvalue weighted by molar-refractivity contribution is -0.150. The molecule has 0 radical (unpaired) electrons. The van der Waals surface area contributed by atoms with Crippen LogP contribution in [0.4, 0.5) is 5.13 Å². The average molecular weight is 494 g/mol. The van der Waals surface area contributed by atoms with E-state index < -0.39 is 29.2 Å². The fourth-order valence-corrected chi connectivity index (χ4v) is 6.18. The Hall–Kier alpha value is -3.17. The summed E-state index contributed by atoms with van der Waals surface area (Å²) in [4.78, 5) is 50.8. The minimum Gasteiger partial charge on any atom is -0.477 e. The van der Waals surface area contributed by atoms with Gasteiger partial charge in [-0.2, -0.15) is 0 Å². The van der Waals surface area contributed by atoms with Gasteiger partial charge in [0.2, 0.25) is 0 Å². The third-order valence-corrected chi connectivity index (χ3v) is 7.80. The second kappa shape index (κ2) is 9.13. The first-order valence-electron chi connectivity index (χ1n) is 8.93. The van der Waals surface area contributed by atoms with Crippen molar-refractivity contribution in [3.63, 3.8) is 0 Å². The predicted molar refractivity (Wildman–Crippen MR) is 118 cm³/mol. The largest absolute Gasteiger partial charge is 0.477 e. The lowest BCUT2D eigenvalue weighted by Gasteiger charge is -2.49. The maximum Gasteiger partial charge on any atom is 0.353 e. The Kier molecular flexibility index (Phi) is 6.29. The van der Waals surface area contributed by atoms with E-state index >= 15 is 0 Å². The number of aliphatic carboxylic acids is 1. The van der Waals surface area contributed by atoms with Gasteiger partial charge in [-0.15, -0.1) is 34.9 Å². The first-order valence-corrected chi connectivity index (χ1v) is 11.8. The van der Waals surface area contributed by atoms with Crippen molar-refractivity contribution in [1.82, 2.24) is 25.2 Å². The number of nitrogens with two attached hydrogens (primary N) is 1. The van der Waals surface area contributed by atoms with Crippen LogP contribution in [0.25, 0.3) is 0 Å². The lowest BCUT2D eigenvalue weighted by Crippen LogP contribution is -2.71. The molecular formula is C17H15N7O5S3. The van der Waals surface area contributed by atoms with Crippen LogP contribution in [0.1, 0.15) is 11.4 Å². The van der Waals surface area contributed by atoms with Crippen LogP contribution < -0.4 is 11.1 Å². The van der Waals surface area contributed by atoms with Crippen LogP contribution in [-0.4, -0.2) is 70.8 Å². The van der Waals surface area contributed by atoms with Gasteiger partial charge >= 0.3 is 5.97 Å². The number of carboxylic acid groups (broad SMARTS) is 1. The molecule has 32 heavy (non-hydrogen) atoms. The van der Waals surface area contributed by atoms with E-state index in [2.05, 4.69) is 25.4 Å². The van der Waals surface area contributed by atoms with E-state index in [0.29, 0.717) is 16.4 Å². The number of thioether (sulfide) groups is 2. The van der Waals surface area contributed by atoms with Crippen LogP contribution in [0.3, 0.4) is 0 Å². The molecule has 1 fully saturated rings. The van der Waals surface area contributed by atoms with Crippen molar-refractivity contribution in [1.29, 1.82) is 0 Å². The Balaban J connectivity index is 1.48. The Bertz CT molecular complexity index is 1140. The lowest BCUT2D eigenvalue weighted by atomic mass is 10.0. The van der Waals surface area contributed by atoms with Gasteiger partial charge in [-0.1, -0.05) is 5.16 Å². The number of nitrogen functional groups attached to an aromatic ring is 1. The molecule has 166 valence electrons. The van der Waals surface area contributed by atoms with E-state index in [1.165, 1.54) is 40.1 Å². The molecule has 0 aliphatic carbocycles. The quantitative estimate of drug-likeness (QED) is 0.180. The highest BCUT2D eigenvalue weighted by Crippen LogP contribution is 2.43. The number of anilines is 1. The molecule has 2 aliphatic rings. The fraction of sp³-hybridized carbons (Fsp3) is 0.235. The van der Waals surface area contributed by atoms with Gasteiger partial charge < -0.3 is 21.4 Å². The van der Waals surface area contributed by atoms with Crippen LogP contribution >= 0.6 is 34.9 Å². The second-order valence-electron chi connectivity index (χ2n) is 6.45. The zero-order chi connectivity index (χ0) is 22.8. The summed E-state index contributed by atoms with van der Waals surface area (Å²) in [7, 11) is 0. The Morgan fingerprint density at radius 2 is 2.25 bits per heavy atom. The molecule has 5 N–H and O–H groups in total. The number of thiazole rings is 1. The summed E-state index contributed by atoms with van der Waals surface area (Å²) in [6.07, 6.45) is 3.00. The molecule has 0 unspecified atom stereocenters. The number of carbonyl (C=O) groups excluding carboxylic acids is 2. The summed E-state index contributed by atoms with van der Waals surface area (Å²) >= 11 is 3.68. The highest BCUT2D eigenvalue weighted by atomic mass is 32.2. The van der Waals surface area contributed by atoms with Crippen LogP contribution in [0.2, 0.25) is 0 Å². The molecule has 0 saturated carbocycles. The smallest absolute Gasteiger partial charge is 0.353 e. The second-order valence-corrected chi connectivity index (χ2v) is 9.51.